The van der Waals surface area contributed by atoms with E-state index in [0.29, 0.717) is 18.4 Å². The normalized spacial score (nSPS) is 46.4. The molecule has 1 heterocycles. The number of aliphatic hydroxyl groups excluding tert-OH is 1. The van der Waals surface area contributed by atoms with Crippen molar-refractivity contribution >= 4 is 11.9 Å². The smallest absolute Gasteiger partial charge is 0.334 e. The fourth-order valence-corrected chi connectivity index (χ4v) is 5.00. The maximum Gasteiger partial charge on any atom is 0.334 e. The van der Waals surface area contributed by atoms with Gasteiger partial charge in [0.15, 0.2) is 0 Å². The van der Waals surface area contributed by atoms with Crippen molar-refractivity contribution in [2.24, 2.45) is 23.2 Å². The fraction of sp³-hybridized carbons (Fsp3) is 0.789. The molecule has 2 aliphatic carbocycles. The first-order valence-corrected chi connectivity index (χ1v) is 9.00. The van der Waals surface area contributed by atoms with Gasteiger partial charge >= 0.3 is 11.9 Å². The molecule has 6 heteroatoms. The van der Waals surface area contributed by atoms with Crippen LogP contribution in [0.15, 0.2) is 12.2 Å². The Balaban J connectivity index is 1.97. The molecule has 1 saturated heterocycles. The highest BCUT2D eigenvalue weighted by molar-refractivity contribution is 5.91. The minimum absolute atomic E-state index is 0.163. The Morgan fingerprint density at radius 3 is 2.64 bits per heavy atom. The van der Waals surface area contributed by atoms with Gasteiger partial charge in [-0.1, -0.05) is 27.4 Å². The predicted octanol–water partition coefficient (Wildman–Crippen LogP) is 1.58. The number of carbonyl (C=O) groups is 2. The standard InChI is InChI=1S/C19H28O6/c1-9(2)16(21)24-13-8-12(20)18(4)7-6-11-10(3)17(22)25-14(11)15(18)19(13,5)23/h9,11-15,20,23H,3,6-8H2,1-2,4-5H3. The summed E-state index contributed by atoms with van der Waals surface area (Å²) in [6.45, 7) is 10.8. The largest absolute Gasteiger partial charge is 0.459 e. The first-order chi connectivity index (χ1) is 11.5. The molecular formula is C19H28O6. The molecule has 0 radical (unpaired) electrons. The molecule has 0 amide bonds. The van der Waals surface area contributed by atoms with E-state index in [1.165, 1.54) is 0 Å². The third kappa shape index (κ3) is 2.61. The van der Waals surface area contributed by atoms with E-state index in [1.54, 1.807) is 20.8 Å². The average Bonchev–Trinajstić information content (AvgIpc) is 2.79. The summed E-state index contributed by atoms with van der Waals surface area (Å²) in [6, 6.07) is 0. The van der Waals surface area contributed by atoms with Crippen LogP contribution in [-0.2, 0) is 19.1 Å². The molecule has 3 rings (SSSR count). The second kappa shape index (κ2) is 5.81. The van der Waals surface area contributed by atoms with Crippen LogP contribution in [0.5, 0.6) is 0 Å². The molecule has 0 bridgehead atoms. The predicted molar refractivity (Wildman–Crippen MR) is 89.3 cm³/mol. The molecule has 1 aliphatic heterocycles. The van der Waals surface area contributed by atoms with Gasteiger partial charge in [-0.2, -0.15) is 0 Å². The summed E-state index contributed by atoms with van der Waals surface area (Å²) in [5, 5.41) is 22.2. The Hall–Kier alpha value is -1.40. The number of esters is 2. The van der Waals surface area contributed by atoms with Crippen LogP contribution in [0.4, 0.5) is 0 Å². The molecule has 7 unspecified atom stereocenters. The zero-order valence-corrected chi connectivity index (χ0v) is 15.3. The van der Waals surface area contributed by atoms with Gasteiger partial charge in [0.2, 0.25) is 0 Å². The summed E-state index contributed by atoms with van der Waals surface area (Å²) in [6.07, 6.45) is -0.644. The molecule has 2 saturated carbocycles. The van der Waals surface area contributed by atoms with Gasteiger partial charge in [-0.25, -0.2) is 4.79 Å². The van der Waals surface area contributed by atoms with Gasteiger partial charge in [0.25, 0.3) is 0 Å². The summed E-state index contributed by atoms with van der Waals surface area (Å²) >= 11 is 0. The lowest BCUT2D eigenvalue weighted by Crippen LogP contribution is -2.68. The minimum atomic E-state index is -1.41. The molecule has 3 fully saturated rings. The number of hydrogen-bond acceptors (Lipinski definition) is 6. The van der Waals surface area contributed by atoms with E-state index in [0.717, 1.165) is 0 Å². The first kappa shape index (κ1) is 18.4. The van der Waals surface area contributed by atoms with Crippen molar-refractivity contribution in [2.75, 3.05) is 0 Å². The average molecular weight is 352 g/mol. The van der Waals surface area contributed by atoms with Crippen LogP contribution in [0.25, 0.3) is 0 Å². The van der Waals surface area contributed by atoms with E-state index in [-0.39, 0.29) is 18.3 Å². The van der Waals surface area contributed by atoms with E-state index < -0.39 is 47.2 Å². The van der Waals surface area contributed by atoms with E-state index in [9.17, 15) is 19.8 Å². The lowest BCUT2D eigenvalue weighted by atomic mass is 9.50. The van der Waals surface area contributed by atoms with Crippen molar-refractivity contribution in [3.63, 3.8) is 0 Å². The molecular weight excluding hydrogens is 324 g/mol. The highest BCUT2D eigenvalue weighted by atomic mass is 16.6. The summed E-state index contributed by atoms with van der Waals surface area (Å²) in [4.78, 5) is 24.1. The minimum Gasteiger partial charge on any atom is -0.459 e. The van der Waals surface area contributed by atoms with Gasteiger partial charge in [0, 0.05) is 29.2 Å². The summed E-state index contributed by atoms with van der Waals surface area (Å²) < 4.78 is 11.1. The van der Waals surface area contributed by atoms with Crippen molar-refractivity contribution in [1.29, 1.82) is 0 Å². The molecule has 25 heavy (non-hydrogen) atoms. The van der Waals surface area contributed by atoms with Crippen LogP contribution < -0.4 is 0 Å². The monoisotopic (exact) mass is 352 g/mol. The zero-order valence-electron chi connectivity index (χ0n) is 15.3. The maximum absolute atomic E-state index is 12.1. The zero-order chi connectivity index (χ0) is 18.7. The van der Waals surface area contributed by atoms with Crippen LogP contribution in [0.1, 0.15) is 47.0 Å². The van der Waals surface area contributed by atoms with Crippen LogP contribution >= 0.6 is 0 Å². The number of ether oxygens (including phenoxy) is 2. The van der Waals surface area contributed by atoms with Crippen molar-refractivity contribution in [2.45, 2.75) is 70.9 Å². The lowest BCUT2D eigenvalue weighted by molar-refractivity contribution is -0.255. The molecule has 2 N–H and O–H groups in total. The first-order valence-electron chi connectivity index (χ1n) is 9.00. The molecule has 140 valence electrons. The van der Waals surface area contributed by atoms with Gasteiger partial charge in [-0.05, 0) is 19.8 Å². The number of rotatable bonds is 2. The molecule has 7 atom stereocenters. The summed E-state index contributed by atoms with van der Waals surface area (Å²) in [7, 11) is 0. The second-order valence-electron chi connectivity index (χ2n) is 8.58. The molecule has 0 aromatic rings. The summed E-state index contributed by atoms with van der Waals surface area (Å²) in [5.41, 5.74) is -1.60. The Labute approximate surface area is 148 Å². The van der Waals surface area contributed by atoms with Crippen molar-refractivity contribution in [3.8, 4) is 0 Å². The maximum atomic E-state index is 12.1. The van der Waals surface area contributed by atoms with E-state index >= 15 is 0 Å². The number of fused-ring (bicyclic) bond motifs is 3. The Kier molecular flexibility index (Phi) is 4.27. The van der Waals surface area contributed by atoms with Gasteiger partial charge in [-0.3, -0.25) is 4.79 Å². The Morgan fingerprint density at radius 2 is 2.04 bits per heavy atom. The molecule has 6 nitrogen and oxygen atoms in total. The van der Waals surface area contributed by atoms with Gasteiger partial charge in [0.05, 0.1) is 12.0 Å². The molecule has 0 aromatic carbocycles. The molecule has 0 spiro atoms. The van der Waals surface area contributed by atoms with Crippen LogP contribution in [0.3, 0.4) is 0 Å². The summed E-state index contributed by atoms with van der Waals surface area (Å²) in [5.74, 6) is -1.88. The SMILES string of the molecule is C=C1C(=O)OC2C1CCC1(C)C(O)CC(OC(=O)C(C)C)C(C)(O)C21. The van der Waals surface area contributed by atoms with Crippen molar-refractivity contribution in [1.82, 2.24) is 0 Å². The third-order valence-electron chi connectivity index (χ3n) is 6.59. The molecule has 3 aliphatic rings. The number of hydrogen-bond donors (Lipinski definition) is 2. The van der Waals surface area contributed by atoms with Crippen LogP contribution in [-0.4, -0.2) is 46.1 Å². The molecule has 0 aromatic heterocycles. The second-order valence-corrected chi connectivity index (χ2v) is 8.58. The van der Waals surface area contributed by atoms with E-state index in [2.05, 4.69) is 6.58 Å². The highest BCUT2D eigenvalue weighted by Crippen LogP contribution is 2.59. The van der Waals surface area contributed by atoms with E-state index in [4.69, 9.17) is 9.47 Å². The Bertz CT molecular complexity index is 609. The third-order valence-corrected chi connectivity index (χ3v) is 6.59. The topological polar surface area (TPSA) is 93.1 Å². The van der Waals surface area contributed by atoms with Gasteiger partial charge < -0.3 is 19.7 Å². The van der Waals surface area contributed by atoms with Gasteiger partial charge in [-0.15, -0.1) is 0 Å². The number of carbonyl (C=O) groups excluding carboxylic acids is 2. The van der Waals surface area contributed by atoms with Crippen molar-refractivity contribution in [3.05, 3.63) is 12.2 Å². The number of aliphatic hydroxyl groups is 2. The van der Waals surface area contributed by atoms with Crippen LogP contribution in [0, 0.1) is 23.2 Å². The van der Waals surface area contributed by atoms with E-state index in [1.807, 2.05) is 6.92 Å². The van der Waals surface area contributed by atoms with Gasteiger partial charge in [0.1, 0.15) is 17.8 Å². The quantitative estimate of drug-likeness (QED) is 0.579. The van der Waals surface area contributed by atoms with Crippen molar-refractivity contribution < 1.29 is 29.3 Å². The Morgan fingerprint density at radius 1 is 1.40 bits per heavy atom. The highest BCUT2D eigenvalue weighted by Gasteiger charge is 2.66. The lowest BCUT2D eigenvalue weighted by Gasteiger charge is -2.59. The van der Waals surface area contributed by atoms with Crippen LogP contribution in [0.2, 0.25) is 0 Å². The fourth-order valence-electron chi connectivity index (χ4n) is 5.00.